The minimum atomic E-state index is -3.92. The topological polar surface area (TPSA) is 84.9 Å². The Bertz CT molecular complexity index is 1040. The average molecular weight is 463 g/mol. The van der Waals surface area contributed by atoms with Crippen LogP contribution in [0.3, 0.4) is 0 Å². The van der Waals surface area contributed by atoms with Gasteiger partial charge >= 0.3 is 0 Å². The summed E-state index contributed by atoms with van der Waals surface area (Å²) in [6, 6.07) is 13.9. The maximum Gasteiger partial charge on any atom is 0.249 e. The Hall–Kier alpha value is -2.39. The Morgan fingerprint density at radius 3 is 2.32 bits per heavy atom. The van der Waals surface area contributed by atoms with E-state index in [4.69, 9.17) is 9.47 Å². The van der Waals surface area contributed by atoms with Crippen molar-refractivity contribution >= 4 is 39.1 Å². The predicted molar refractivity (Wildman–Crippen MR) is 124 cm³/mol. The Morgan fingerprint density at radius 1 is 1.10 bits per heavy atom. The first-order valence-electron chi connectivity index (χ1n) is 10.2. The van der Waals surface area contributed by atoms with Crippen LogP contribution in [-0.4, -0.2) is 50.3 Å². The van der Waals surface area contributed by atoms with Crippen molar-refractivity contribution in [2.75, 3.05) is 34.8 Å². The summed E-state index contributed by atoms with van der Waals surface area (Å²) < 4.78 is 37.6. The van der Waals surface area contributed by atoms with Crippen molar-refractivity contribution in [2.24, 2.45) is 0 Å². The zero-order chi connectivity index (χ0) is 22.1. The van der Waals surface area contributed by atoms with Crippen LogP contribution in [0.15, 0.2) is 48.5 Å². The second-order valence-electron chi connectivity index (χ2n) is 7.87. The summed E-state index contributed by atoms with van der Waals surface area (Å²) in [7, 11) is -2.37. The molecule has 2 fully saturated rings. The Kier molecular flexibility index (Phi) is 6.07. The third kappa shape index (κ3) is 4.21. The average Bonchev–Trinajstić information content (AvgIpc) is 2.74. The van der Waals surface area contributed by atoms with E-state index in [1.165, 1.54) is 11.2 Å². The van der Waals surface area contributed by atoms with Crippen LogP contribution in [0.2, 0.25) is 0 Å². The fourth-order valence-electron chi connectivity index (χ4n) is 3.65. The molecule has 166 valence electrons. The van der Waals surface area contributed by atoms with E-state index in [0.29, 0.717) is 30.1 Å². The van der Waals surface area contributed by atoms with E-state index in [9.17, 15) is 13.2 Å². The van der Waals surface area contributed by atoms with Crippen molar-refractivity contribution in [2.45, 2.75) is 30.6 Å². The summed E-state index contributed by atoms with van der Waals surface area (Å²) in [6.07, 6.45) is 1.08. The summed E-state index contributed by atoms with van der Waals surface area (Å²) in [5.74, 6) is 2.82. The first-order chi connectivity index (χ1) is 14.8. The molecule has 2 aliphatic rings. The van der Waals surface area contributed by atoms with Crippen LogP contribution in [0.4, 0.5) is 11.4 Å². The number of carbonyl (C=O) groups is 1. The highest BCUT2D eigenvalue weighted by molar-refractivity contribution is 8.00. The molecule has 0 bridgehead atoms. The number of carbonyl (C=O) groups excluding carboxylic acids is 1. The molecular formula is C22H26N2O5S2. The van der Waals surface area contributed by atoms with Gasteiger partial charge in [-0.3, -0.25) is 9.10 Å². The summed E-state index contributed by atoms with van der Waals surface area (Å²) >= 11 is 1.84. The molecule has 1 amide bonds. The molecule has 2 heterocycles. The van der Waals surface area contributed by atoms with Crippen LogP contribution < -0.4 is 19.1 Å². The zero-order valence-electron chi connectivity index (χ0n) is 17.5. The number of thioether (sulfide) groups is 1. The number of ether oxygens (including phenoxy) is 2. The molecule has 0 unspecified atom stereocenters. The first kappa shape index (κ1) is 21.8. The largest absolute Gasteiger partial charge is 0.497 e. The van der Waals surface area contributed by atoms with Gasteiger partial charge in [-0.1, -0.05) is 0 Å². The molecule has 0 aromatic heterocycles. The zero-order valence-corrected chi connectivity index (χ0v) is 19.2. The number of benzene rings is 2. The normalized spacial score (nSPS) is 23.0. The van der Waals surface area contributed by atoms with E-state index >= 15 is 0 Å². The van der Waals surface area contributed by atoms with E-state index in [1.807, 2.05) is 11.8 Å². The first-order valence-corrected chi connectivity index (χ1v) is 12.8. The highest BCUT2D eigenvalue weighted by Gasteiger charge is 2.52. The third-order valence-corrected chi connectivity index (χ3v) is 9.45. The van der Waals surface area contributed by atoms with Crippen molar-refractivity contribution < 1.29 is 22.7 Å². The number of sulfonamides is 1. The van der Waals surface area contributed by atoms with Gasteiger partial charge in [0.1, 0.15) is 17.6 Å². The standard InChI is InChI=1S/C22H26N2O5S2/c1-22(21(25)23-16-4-8-19(9-5-16)29-20-14-30-15-20)12-3-13-24(31(22,26)27)17-6-10-18(28-2)11-7-17/h4-11,20H,3,12-15H2,1-2H3,(H,23,25)/t22-/m0/s1. The molecule has 0 saturated carbocycles. The number of hydrogen-bond donors (Lipinski definition) is 1. The van der Waals surface area contributed by atoms with Gasteiger partial charge < -0.3 is 14.8 Å². The molecular weight excluding hydrogens is 436 g/mol. The summed E-state index contributed by atoms with van der Waals surface area (Å²) in [6.45, 7) is 1.84. The lowest BCUT2D eigenvalue weighted by atomic mass is 10.0. The quantitative estimate of drug-likeness (QED) is 0.707. The molecule has 4 rings (SSSR count). The number of nitrogens with one attached hydrogen (secondary N) is 1. The highest BCUT2D eigenvalue weighted by atomic mass is 32.2. The molecule has 0 aliphatic carbocycles. The SMILES string of the molecule is COc1ccc(N2CCC[C@@](C)(C(=O)Nc3ccc(OC4CSC4)cc3)S2(=O)=O)cc1. The van der Waals surface area contributed by atoms with Crippen LogP contribution in [0.25, 0.3) is 0 Å². The molecule has 1 N–H and O–H groups in total. The Morgan fingerprint density at radius 2 is 1.74 bits per heavy atom. The number of methoxy groups -OCH3 is 1. The molecule has 2 aliphatic heterocycles. The predicted octanol–water partition coefficient (Wildman–Crippen LogP) is 3.52. The van der Waals surface area contributed by atoms with Crippen molar-refractivity contribution in [3.05, 3.63) is 48.5 Å². The van der Waals surface area contributed by atoms with Gasteiger partial charge in [0, 0.05) is 23.7 Å². The number of anilines is 2. The fourth-order valence-corrected chi connectivity index (χ4v) is 6.16. The van der Waals surface area contributed by atoms with Gasteiger partial charge in [-0.15, -0.1) is 0 Å². The molecule has 1 atom stereocenters. The summed E-state index contributed by atoms with van der Waals surface area (Å²) in [5.41, 5.74) is 1.06. The van der Waals surface area contributed by atoms with Crippen LogP contribution in [-0.2, 0) is 14.8 Å². The van der Waals surface area contributed by atoms with Crippen LogP contribution in [0.1, 0.15) is 19.8 Å². The molecule has 2 aromatic rings. The summed E-state index contributed by atoms with van der Waals surface area (Å²) in [4.78, 5) is 13.1. The lowest BCUT2D eigenvalue weighted by molar-refractivity contribution is -0.118. The van der Waals surface area contributed by atoms with E-state index in [1.54, 1.807) is 55.6 Å². The summed E-state index contributed by atoms with van der Waals surface area (Å²) in [5, 5.41) is 2.78. The molecule has 7 nitrogen and oxygen atoms in total. The second-order valence-corrected chi connectivity index (χ2v) is 11.2. The smallest absolute Gasteiger partial charge is 0.249 e. The third-order valence-electron chi connectivity index (χ3n) is 5.74. The van der Waals surface area contributed by atoms with Gasteiger partial charge in [0.05, 0.1) is 12.8 Å². The number of nitrogens with zero attached hydrogens (tertiary/aromatic N) is 1. The van der Waals surface area contributed by atoms with Gasteiger partial charge in [-0.25, -0.2) is 8.42 Å². The van der Waals surface area contributed by atoms with Crippen molar-refractivity contribution in [1.82, 2.24) is 0 Å². The molecule has 0 radical (unpaired) electrons. The Balaban J connectivity index is 1.50. The van der Waals surface area contributed by atoms with E-state index in [-0.39, 0.29) is 12.5 Å². The molecule has 31 heavy (non-hydrogen) atoms. The van der Waals surface area contributed by atoms with E-state index in [0.717, 1.165) is 17.3 Å². The number of amides is 1. The van der Waals surface area contributed by atoms with E-state index < -0.39 is 20.7 Å². The van der Waals surface area contributed by atoms with Gasteiger partial charge in [0.2, 0.25) is 15.9 Å². The number of hydrogen-bond acceptors (Lipinski definition) is 6. The second kappa shape index (κ2) is 8.63. The van der Waals surface area contributed by atoms with Crippen LogP contribution >= 0.6 is 11.8 Å². The lowest BCUT2D eigenvalue weighted by Gasteiger charge is -2.39. The van der Waals surface area contributed by atoms with Gasteiger partial charge in [0.25, 0.3) is 0 Å². The van der Waals surface area contributed by atoms with Gasteiger partial charge in [-0.05, 0) is 68.3 Å². The monoisotopic (exact) mass is 462 g/mol. The van der Waals surface area contributed by atoms with Gasteiger partial charge in [-0.2, -0.15) is 11.8 Å². The van der Waals surface area contributed by atoms with Crippen LogP contribution in [0.5, 0.6) is 11.5 Å². The van der Waals surface area contributed by atoms with E-state index in [2.05, 4.69) is 5.32 Å². The maximum atomic E-state index is 13.4. The molecule has 2 saturated heterocycles. The highest BCUT2D eigenvalue weighted by Crippen LogP contribution is 2.37. The minimum Gasteiger partial charge on any atom is -0.497 e. The van der Waals surface area contributed by atoms with Crippen molar-refractivity contribution in [1.29, 1.82) is 0 Å². The molecule has 9 heteroatoms. The van der Waals surface area contributed by atoms with Crippen molar-refractivity contribution in [3.63, 3.8) is 0 Å². The Labute approximate surface area is 187 Å². The minimum absolute atomic E-state index is 0.237. The number of rotatable bonds is 6. The van der Waals surface area contributed by atoms with Crippen LogP contribution in [0, 0.1) is 0 Å². The van der Waals surface area contributed by atoms with Gasteiger partial charge in [0.15, 0.2) is 4.75 Å². The molecule has 0 spiro atoms. The lowest BCUT2D eigenvalue weighted by Crippen LogP contribution is -2.57. The molecule has 2 aromatic carbocycles. The fraction of sp³-hybridized carbons (Fsp3) is 0.409. The van der Waals surface area contributed by atoms with Crippen molar-refractivity contribution in [3.8, 4) is 11.5 Å². The maximum absolute atomic E-state index is 13.4.